The van der Waals surface area contributed by atoms with Crippen LogP contribution in [0.15, 0.2) is 0 Å². The fraction of sp³-hybridized carbons (Fsp3) is 0.926. The van der Waals surface area contributed by atoms with E-state index in [4.69, 9.17) is 10.00 Å². The van der Waals surface area contributed by atoms with Crippen LogP contribution in [0, 0.1) is 40.9 Å². The number of alkyl halides is 1. The molecule has 0 heterocycles. The highest BCUT2D eigenvalue weighted by atomic mass is 19.1. The Labute approximate surface area is 189 Å². The highest BCUT2D eigenvalue weighted by Gasteiger charge is 2.37. The number of esters is 1. The first-order valence-corrected chi connectivity index (χ1v) is 13.3. The molecule has 3 saturated carbocycles. The van der Waals surface area contributed by atoms with Crippen LogP contribution in [0.5, 0.6) is 0 Å². The Morgan fingerprint density at radius 3 is 2.16 bits per heavy atom. The molecule has 3 fully saturated rings. The Morgan fingerprint density at radius 1 is 0.903 bits per heavy atom. The van der Waals surface area contributed by atoms with Gasteiger partial charge in [0.1, 0.15) is 12.3 Å². The first-order chi connectivity index (χ1) is 15.1. The number of hydrogen-bond donors (Lipinski definition) is 0. The van der Waals surface area contributed by atoms with Crippen molar-refractivity contribution < 1.29 is 13.9 Å². The van der Waals surface area contributed by atoms with E-state index in [1.54, 1.807) is 0 Å². The number of carbonyl (C=O) groups is 1. The Kier molecular flexibility index (Phi) is 10.1. The number of unbranched alkanes of at least 4 members (excludes halogenated alkanes) is 4. The van der Waals surface area contributed by atoms with Gasteiger partial charge in [-0.15, -0.1) is 0 Å². The summed E-state index contributed by atoms with van der Waals surface area (Å²) in [5.74, 6) is 2.12. The zero-order valence-electron chi connectivity index (χ0n) is 19.7. The number of carbonyl (C=O) groups excluding carboxylic acids is 1. The second-order valence-electron chi connectivity index (χ2n) is 10.7. The van der Waals surface area contributed by atoms with Gasteiger partial charge < -0.3 is 4.74 Å². The molecule has 0 aromatic rings. The summed E-state index contributed by atoms with van der Waals surface area (Å²) >= 11 is 0. The molecule has 3 aliphatic rings. The highest BCUT2D eigenvalue weighted by Crippen LogP contribution is 2.43. The summed E-state index contributed by atoms with van der Waals surface area (Å²) in [5, 5.41) is 8.97. The predicted octanol–water partition coefficient (Wildman–Crippen LogP) is 7.53. The minimum absolute atomic E-state index is 0.0448. The smallest absolute Gasteiger partial charge is 0.309 e. The molecule has 0 aliphatic heterocycles. The molecule has 3 nitrogen and oxygen atoms in total. The van der Waals surface area contributed by atoms with Crippen molar-refractivity contribution in [3.63, 3.8) is 0 Å². The van der Waals surface area contributed by atoms with Crippen LogP contribution in [-0.4, -0.2) is 18.2 Å². The van der Waals surface area contributed by atoms with Crippen LogP contribution in [0.3, 0.4) is 0 Å². The van der Waals surface area contributed by atoms with Crippen molar-refractivity contribution >= 4 is 5.97 Å². The van der Waals surface area contributed by atoms with Gasteiger partial charge in [0.2, 0.25) is 0 Å². The van der Waals surface area contributed by atoms with Gasteiger partial charge in [-0.3, -0.25) is 4.79 Å². The molecular formula is C27H44FNO2. The van der Waals surface area contributed by atoms with Gasteiger partial charge in [-0.25, -0.2) is 4.39 Å². The first-order valence-electron chi connectivity index (χ1n) is 13.3. The molecule has 0 N–H and O–H groups in total. The maximum Gasteiger partial charge on any atom is 0.309 e. The van der Waals surface area contributed by atoms with E-state index in [0.29, 0.717) is 12.8 Å². The normalized spacial score (nSPS) is 36.5. The second kappa shape index (κ2) is 12.8. The molecule has 0 aromatic heterocycles. The lowest BCUT2D eigenvalue weighted by Crippen LogP contribution is -2.37. The van der Waals surface area contributed by atoms with Gasteiger partial charge in [0, 0.05) is 5.92 Å². The quantitative estimate of drug-likeness (QED) is 0.279. The van der Waals surface area contributed by atoms with Gasteiger partial charge in [0.15, 0.2) is 0 Å². The van der Waals surface area contributed by atoms with E-state index in [1.165, 1.54) is 64.2 Å². The van der Waals surface area contributed by atoms with Crippen molar-refractivity contribution in [2.24, 2.45) is 29.6 Å². The lowest BCUT2D eigenvalue weighted by molar-refractivity contribution is -0.161. The number of halogens is 1. The number of hydrogen-bond acceptors (Lipinski definition) is 3. The molecule has 0 bridgehead atoms. The van der Waals surface area contributed by atoms with Crippen molar-refractivity contribution in [2.45, 2.75) is 128 Å². The zero-order valence-corrected chi connectivity index (χ0v) is 19.7. The molecule has 3 atom stereocenters. The lowest BCUT2D eigenvalue weighted by atomic mass is 9.68. The number of rotatable bonds is 9. The van der Waals surface area contributed by atoms with E-state index in [9.17, 15) is 9.18 Å². The van der Waals surface area contributed by atoms with Crippen molar-refractivity contribution in [1.29, 1.82) is 5.26 Å². The van der Waals surface area contributed by atoms with Crippen molar-refractivity contribution in [3.8, 4) is 6.07 Å². The van der Waals surface area contributed by atoms with Crippen LogP contribution in [0.4, 0.5) is 4.39 Å². The summed E-state index contributed by atoms with van der Waals surface area (Å²) in [7, 11) is 0. The molecule has 0 amide bonds. The van der Waals surface area contributed by atoms with E-state index >= 15 is 0 Å². The van der Waals surface area contributed by atoms with E-state index in [1.807, 2.05) is 0 Å². The van der Waals surface area contributed by atoms with Gasteiger partial charge in [-0.05, 0) is 75.5 Å². The molecule has 0 aromatic carbocycles. The third kappa shape index (κ3) is 7.47. The average Bonchev–Trinajstić information content (AvgIpc) is 2.80. The van der Waals surface area contributed by atoms with Gasteiger partial charge in [0.25, 0.3) is 0 Å². The maximum absolute atomic E-state index is 14.3. The number of ether oxygens (including phenoxy) is 1. The monoisotopic (exact) mass is 433 g/mol. The summed E-state index contributed by atoms with van der Waals surface area (Å²) in [4.78, 5) is 12.6. The van der Waals surface area contributed by atoms with E-state index in [-0.39, 0.29) is 24.2 Å². The molecule has 4 heteroatoms. The molecule has 0 spiro atoms. The predicted molar refractivity (Wildman–Crippen MR) is 122 cm³/mol. The first kappa shape index (κ1) is 24.5. The summed E-state index contributed by atoms with van der Waals surface area (Å²) in [6.07, 6.45) is 17.6. The Hall–Kier alpha value is -1.11. The van der Waals surface area contributed by atoms with E-state index in [2.05, 4.69) is 13.0 Å². The SMILES string of the molecule is CCCCCCCC1CCC(C2CCC(C(=O)OC3CCC(C#N)CC3F)CC2)CC1. The van der Waals surface area contributed by atoms with Crippen molar-refractivity contribution in [1.82, 2.24) is 0 Å². The molecule has 0 saturated heterocycles. The molecule has 176 valence electrons. The number of nitriles is 1. The van der Waals surface area contributed by atoms with Crippen LogP contribution in [0.1, 0.15) is 116 Å². The lowest BCUT2D eigenvalue weighted by Gasteiger charge is -2.38. The summed E-state index contributed by atoms with van der Waals surface area (Å²) in [6.45, 7) is 2.28. The topological polar surface area (TPSA) is 50.1 Å². The van der Waals surface area contributed by atoms with Crippen LogP contribution < -0.4 is 0 Å². The van der Waals surface area contributed by atoms with E-state index in [0.717, 1.165) is 43.4 Å². The minimum Gasteiger partial charge on any atom is -0.459 e. The minimum atomic E-state index is -1.18. The molecule has 0 radical (unpaired) electrons. The van der Waals surface area contributed by atoms with Crippen LogP contribution in [0.25, 0.3) is 0 Å². The van der Waals surface area contributed by atoms with Crippen LogP contribution in [0.2, 0.25) is 0 Å². The molecule has 3 rings (SSSR count). The highest BCUT2D eigenvalue weighted by molar-refractivity contribution is 5.72. The molecule has 3 unspecified atom stereocenters. The standard InChI is InChI=1S/C27H44FNO2/c1-2-3-4-5-6-7-20-8-11-22(12-9-20)23-13-15-24(16-14-23)27(30)31-26-17-10-21(19-29)18-25(26)28/h20-26H,2-18H2,1H3. The maximum atomic E-state index is 14.3. The molecule has 3 aliphatic carbocycles. The summed E-state index contributed by atoms with van der Waals surface area (Å²) in [5.41, 5.74) is 0. The van der Waals surface area contributed by atoms with Gasteiger partial charge in [-0.1, -0.05) is 58.3 Å². The molecular weight excluding hydrogens is 389 g/mol. The van der Waals surface area contributed by atoms with Crippen molar-refractivity contribution in [2.75, 3.05) is 0 Å². The number of nitrogens with zero attached hydrogens (tertiary/aromatic N) is 1. The van der Waals surface area contributed by atoms with Gasteiger partial charge in [-0.2, -0.15) is 5.26 Å². The second-order valence-corrected chi connectivity index (χ2v) is 10.7. The fourth-order valence-electron chi connectivity index (χ4n) is 6.39. The molecule has 31 heavy (non-hydrogen) atoms. The Morgan fingerprint density at radius 2 is 1.55 bits per heavy atom. The fourth-order valence-corrected chi connectivity index (χ4v) is 6.39. The van der Waals surface area contributed by atoms with Gasteiger partial charge >= 0.3 is 5.97 Å². The van der Waals surface area contributed by atoms with E-state index < -0.39 is 12.3 Å². The third-order valence-electron chi connectivity index (χ3n) is 8.54. The van der Waals surface area contributed by atoms with Crippen LogP contribution >= 0.6 is 0 Å². The van der Waals surface area contributed by atoms with Crippen molar-refractivity contribution in [3.05, 3.63) is 0 Å². The Balaban J connectivity index is 1.31. The van der Waals surface area contributed by atoms with Gasteiger partial charge in [0.05, 0.1) is 12.0 Å². The Bertz CT molecular complexity index is 572. The third-order valence-corrected chi connectivity index (χ3v) is 8.54. The van der Waals surface area contributed by atoms with Crippen LogP contribution in [-0.2, 0) is 9.53 Å². The zero-order chi connectivity index (χ0) is 22.1. The largest absolute Gasteiger partial charge is 0.459 e. The summed E-state index contributed by atoms with van der Waals surface area (Å²) in [6, 6.07) is 2.15. The summed E-state index contributed by atoms with van der Waals surface area (Å²) < 4.78 is 19.8. The average molecular weight is 434 g/mol.